The van der Waals surface area contributed by atoms with Crippen LogP contribution in [0.25, 0.3) is 0 Å². The van der Waals surface area contributed by atoms with E-state index in [0.29, 0.717) is 11.5 Å². The van der Waals surface area contributed by atoms with Gasteiger partial charge in [0.1, 0.15) is 23.0 Å². The zero-order chi connectivity index (χ0) is 33.5. The highest BCUT2D eigenvalue weighted by atomic mass is 16.5. The van der Waals surface area contributed by atoms with Gasteiger partial charge in [0.2, 0.25) is 0 Å². The molecule has 4 aromatic rings. The van der Waals surface area contributed by atoms with Crippen molar-refractivity contribution >= 4 is 23.9 Å². The molecule has 0 bridgehead atoms. The van der Waals surface area contributed by atoms with Gasteiger partial charge < -0.3 is 29.9 Å². The predicted molar refractivity (Wildman–Crippen MR) is 169 cm³/mol. The lowest BCUT2D eigenvalue weighted by molar-refractivity contribution is 0.0651. The highest BCUT2D eigenvalue weighted by molar-refractivity contribution is 6.02. The standard InChI is InChI=1S/C36H34O10/c1-4-5-6-7-26(22-8-14-31(20(2)16-22)45-24-10-12-27(33(37)38)29(18-24)35(41)42)23-9-15-32(21(3)17-23)46-25-11-13-28(34(39)40)30(19-25)36(43)44/h8-19,26H,4-7H2,1-3H3,(H,37,38)(H,39,40)(H,41,42)(H,43,44). The highest BCUT2D eigenvalue weighted by Crippen LogP contribution is 2.37. The van der Waals surface area contributed by atoms with Crippen LogP contribution < -0.4 is 9.47 Å². The number of carbonyl (C=O) groups is 4. The van der Waals surface area contributed by atoms with E-state index in [1.807, 2.05) is 50.2 Å². The first-order valence-corrected chi connectivity index (χ1v) is 14.7. The number of hydrogen-bond acceptors (Lipinski definition) is 6. The molecule has 0 fully saturated rings. The Hall–Kier alpha value is -5.64. The quantitative estimate of drug-likeness (QED) is 0.0997. The molecule has 0 aliphatic carbocycles. The summed E-state index contributed by atoms with van der Waals surface area (Å²) in [5, 5.41) is 37.5. The van der Waals surface area contributed by atoms with Crippen LogP contribution in [-0.4, -0.2) is 44.3 Å². The number of aryl methyl sites for hydroxylation is 2. The highest BCUT2D eigenvalue weighted by Gasteiger charge is 2.21. The minimum absolute atomic E-state index is 0.0361. The average Bonchev–Trinajstić information content (AvgIpc) is 3.01. The fourth-order valence-corrected chi connectivity index (χ4v) is 5.29. The molecule has 0 radical (unpaired) electrons. The van der Waals surface area contributed by atoms with E-state index < -0.39 is 23.9 Å². The lowest BCUT2D eigenvalue weighted by Gasteiger charge is -2.21. The molecule has 238 valence electrons. The van der Waals surface area contributed by atoms with Gasteiger partial charge in [0.05, 0.1) is 22.3 Å². The number of unbranched alkanes of at least 4 members (excludes halogenated alkanes) is 2. The van der Waals surface area contributed by atoms with Crippen molar-refractivity contribution in [1.29, 1.82) is 0 Å². The van der Waals surface area contributed by atoms with Gasteiger partial charge in [-0.15, -0.1) is 0 Å². The third-order valence-corrected chi connectivity index (χ3v) is 7.66. The molecule has 0 aliphatic rings. The Morgan fingerprint density at radius 3 is 1.33 bits per heavy atom. The van der Waals surface area contributed by atoms with Gasteiger partial charge in [-0.3, -0.25) is 0 Å². The fraction of sp³-hybridized carbons (Fsp3) is 0.222. The Labute approximate surface area is 265 Å². The van der Waals surface area contributed by atoms with Crippen LogP contribution in [-0.2, 0) is 0 Å². The molecule has 0 aromatic heterocycles. The first-order chi connectivity index (χ1) is 21.9. The Bertz CT molecular complexity index is 1680. The normalized spacial score (nSPS) is 10.9. The van der Waals surface area contributed by atoms with Gasteiger partial charge >= 0.3 is 23.9 Å². The van der Waals surface area contributed by atoms with Crippen LogP contribution in [0.4, 0.5) is 0 Å². The summed E-state index contributed by atoms with van der Waals surface area (Å²) in [5.74, 6) is -3.95. The molecule has 0 saturated heterocycles. The predicted octanol–water partition coefficient (Wildman–Crippen LogP) is 8.39. The first kappa shape index (κ1) is 33.3. The Kier molecular flexibility index (Phi) is 10.4. The van der Waals surface area contributed by atoms with Crippen LogP contribution >= 0.6 is 0 Å². The topological polar surface area (TPSA) is 168 Å². The third-order valence-electron chi connectivity index (χ3n) is 7.66. The van der Waals surface area contributed by atoms with Crippen LogP contribution in [0, 0.1) is 13.8 Å². The molecule has 4 N–H and O–H groups in total. The van der Waals surface area contributed by atoms with E-state index in [-0.39, 0.29) is 39.7 Å². The summed E-state index contributed by atoms with van der Waals surface area (Å²) in [6.45, 7) is 5.91. The molecule has 46 heavy (non-hydrogen) atoms. The lowest BCUT2D eigenvalue weighted by Crippen LogP contribution is -2.08. The maximum atomic E-state index is 11.6. The van der Waals surface area contributed by atoms with Crippen molar-refractivity contribution in [2.75, 3.05) is 0 Å². The van der Waals surface area contributed by atoms with E-state index >= 15 is 0 Å². The smallest absolute Gasteiger partial charge is 0.336 e. The van der Waals surface area contributed by atoms with Gasteiger partial charge in [-0.05, 0) is 91.1 Å². The lowest BCUT2D eigenvalue weighted by atomic mass is 9.85. The fourth-order valence-electron chi connectivity index (χ4n) is 5.29. The molecule has 0 atom stereocenters. The molecule has 0 heterocycles. The Balaban J connectivity index is 1.61. The number of benzene rings is 4. The number of rotatable bonds is 14. The van der Waals surface area contributed by atoms with Crippen LogP contribution in [0.1, 0.15) is 102 Å². The largest absolute Gasteiger partial charge is 0.478 e. The summed E-state index contributed by atoms with van der Waals surface area (Å²) in [7, 11) is 0. The van der Waals surface area contributed by atoms with Gasteiger partial charge in [0.25, 0.3) is 0 Å². The zero-order valence-corrected chi connectivity index (χ0v) is 25.6. The maximum Gasteiger partial charge on any atom is 0.336 e. The van der Waals surface area contributed by atoms with Crippen molar-refractivity contribution in [1.82, 2.24) is 0 Å². The summed E-state index contributed by atoms with van der Waals surface area (Å²) in [6, 6.07) is 19.2. The summed E-state index contributed by atoms with van der Waals surface area (Å²) in [4.78, 5) is 46.0. The SMILES string of the molecule is CCCCCC(c1ccc(Oc2ccc(C(=O)O)c(C(=O)O)c2)c(C)c1)c1ccc(Oc2ccc(C(=O)O)c(C(=O)O)c2)c(C)c1. The molecule has 0 spiro atoms. The summed E-state index contributed by atoms with van der Waals surface area (Å²) in [6.07, 6.45) is 4.00. The maximum absolute atomic E-state index is 11.6. The summed E-state index contributed by atoms with van der Waals surface area (Å²) >= 11 is 0. The van der Waals surface area contributed by atoms with E-state index in [1.54, 1.807) is 0 Å². The van der Waals surface area contributed by atoms with Crippen molar-refractivity contribution in [2.45, 2.75) is 52.4 Å². The van der Waals surface area contributed by atoms with Crippen LogP contribution in [0.2, 0.25) is 0 Å². The Morgan fingerprint density at radius 2 is 0.978 bits per heavy atom. The van der Waals surface area contributed by atoms with Crippen LogP contribution in [0.5, 0.6) is 23.0 Å². The number of hydrogen-bond donors (Lipinski definition) is 4. The van der Waals surface area contributed by atoms with E-state index in [2.05, 4.69) is 6.92 Å². The molecule has 0 saturated carbocycles. The van der Waals surface area contributed by atoms with E-state index in [4.69, 9.17) is 9.47 Å². The second kappa shape index (κ2) is 14.4. The van der Waals surface area contributed by atoms with Gasteiger partial charge in [0, 0.05) is 5.92 Å². The van der Waals surface area contributed by atoms with Crippen molar-refractivity contribution in [2.24, 2.45) is 0 Å². The van der Waals surface area contributed by atoms with Crippen molar-refractivity contribution < 1.29 is 49.1 Å². The van der Waals surface area contributed by atoms with Gasteiger partial charge in [-0.25, -0.2) is 19.2 Å². The van der Waals surface area contributed by atoms with Crippen molar-refractivity contribution in [3.05, 3.63) is 117 Å². The molecule has 10 heteroatoms. The molecular weight excluding hydrogens is 592 g/mol. The van der Waals surface area contributed by atoms with Gasteiger partial charge in [-0.2, -0.15) is 0 Å². The molecule has 0 unspecified atom stereocenters. The number of ether oxygens (including phenoxy) is 2. The molecule has 4 aromatic carbocycles. The van der Waals surface area contributed by atoms with Gasteiger partial charge in [-0.1, -0.05) is 50.5 Å². The van der Waals surface area contributed by atoms with E-state index in [1.165, 1.54) is 36.4 Å². The Morgan fingerprint density at radius 1 is 0.565 bits per heavy atom. The monoisotopic (exact) mass is 626 g/mol. The van der Waals surface area contributed by atoms with E-state index in [0.717, 1.165) is 47.9 Å². The zero-order valence-electron chi connectivity index (χ0n) is 25.6. The summed E-state index contributed by atoms with van der Waals surface area (Å²) < 4.78 is 11.9. The minimum atomic E-state index is -1.36. The van der Waals surface area contributed by atoms with Crippen LogP contribution in [0.3, 0.4) is 0 Å². The molecule has 4 rings (SSSR count). The number of carboxylic acids is 4. The molecular formula is C36H34O10. The number of carboxylic acid groups (broad SMARTS) is 4. The van der Waals surface area contributed by atoms with E-state index in [9.17, 15) is 39.6 Å². The first-order valence-electron chi connectivity index (χ1n) is 14.7. The average molecular weight is 627 g/mol. The molecule has 0 aliphatic heterocycles. The van der Waals surface area contributed by atoms with Crippen molar-refractivity contribution in [3.63, 3.8) is 0 Å². The minimum Gasteiger partial charge on any atom is -0.478 e. The van der Waals surface area contributed by atoms with Crippen molar-refractivity contribution in [3.8, 4) is 23.0 Å². The summed E-state index contributed by atoms with van der Waals surface area (Å²) in [5.41, 5.74) is 2.36. The number of aromatic carboxylic acids is 4. The second-order valence-electron chi connectivity index (χ2n) is 10.9. The molecule has 0 amide bonds. The second-order valence-corrected chi connectivity index (χ2v) is 10.9. The molecule has 10 nitrogen and oxygen atoms in total. The van der Waals surface area contributed by atoms with Crippen LogP contribution in [0.15, 0.2) is 72.8 Å². The third kappa shape index (κ3) is 7.71. The van der Waals surface area contributed by atoms with Gasteiger partial charge in [0.15, 0.2) is 0 Å².